The van der Waals surface area contributed by atoms with E-state index in [9.17, 15) is 0 Å². The average molecular weight is 140 g/mol. The van der Waals surface area contributed by atoms with Crippen LogP contribution >= 0.6 is 0 Å². The number of epoxide rings is 1. The van der Waals surface area contributed by atoms with Crippen LogP contribution in [-0.4, -0.2) is 18.0 Å². The number of fused-ring (bicyclic) bond motifs is 1. The molecular weight excluding hydrogens is 128 g/mol. The van der Waals surface area contributed by atoms with E-state index >= 15 is 0 Å². The fraction of sp³-hybridized carbons (Fsp3) is 1.00. The molecule has 3 fully saturated rings. The number of rotatable bonds is 0. The molecule has 10 heavy (non-hydrogen) atoms. The van der Waals surface area contributed by atoms with Crippen molar-refractivity contribution in [3.05, 3.63) is 0 Å². The molecule has 3 aliphatic rings. The SMILES string of the molecule is C1C[C@H]2CC[C@H]3O[C@]3(C1)O2. The Balaban J connectivity index is 1.87. The van der Waals surface area contributed by atoms with Crippen LogP contribution in [0.1, 0.15) is 32.1 Å². The summed E-state index contributed by atoms with van der Waals surface area (Å²) in [6.07, 6.45) is 7.20. The summed E-state index contributed by atoms with van der Waals surface area (Å²) in [5.74, 6) is -0.0544. The summed E-state index contributed by atoms with van der Waals surface area (Å²) in [5, 5.41) is 0. The van der Waals surface area contributed by atoms with Gasteiger partial charge in [-0.2, -0.15) is 0 Å². The molecule has 3 saturated heterocycles. The van der Waals surface area contributed by atoms with Crippen LogP contribution in [-0.2, 0) is 9.47 Å². The highest BCUT2D eigenvalue weighted by atomic mass is 16.8. The molecule has 0 aromatic carbocycles. The van der Waals surface area contributed by atoms with Gasteiger partial charge in [-0.3, -0.25) is 0 Å². The second-order valence-electron chi connectivity index (χ2n) is 3.63. The minimum Gasteiger partial charge on any atom is -0.344 e. The quantitative estimate of drug-likeness (QED) is 0.475. The van der Waals surface area contributed by atoms with Gasteiger partial charge in [-0.25, -0.2) is 0 Å². The summed E-state index contributed by atoms with van der Waals surface area (Å²) < 4.78 is 11.3. The summed E-state index contributed by atoms with van der Waals surface area (Å²) in [7, 11) is 0. The first-order chi connectivity index (χ1) is 4.89. The molecular formula is C8H12O2. The smallest absolute Gasteiger partial charge is 0.195 e. The molecule has 3 rings (SSSR count). The Hall–Kier alpha value is -0.0800. The molecule has 1 spiro atoms. The molecule has 2 nitrogen and oxygen atoms in total. The molecule has 2 bridgehead atoms. The van der Waals surface area contributed by atoms with Crippen molar-refractivity contribution >= 4 is 0 Å². The van der Waals surface area contributed by atoms with Gasteiger partial charge in [-0.1, -0.05) is 0 Å². The van der Waals surface area contributed by atoms with Gasteiger partial charge in [0, 0.05) is 6.42 Å². The van der Waals surface area contributed by atoms with Gasteiger partial charge in [0.15, 0.2) is 5.79 Å². The number of hydrogen-bond donors (Lipinski definition) is 0. The maximum atomic E-state index is 5.76. The second-order valence-corrected chi connectivity index (χ2v) is 3.63. The highest BCUT2D eigenvalue weighted by Gasteiger charge is 2.62. The Morgan fingerprint density at radius 1 is 1.10 bits per heavy atom. The van der Waals surface area contributed by atoms with Crippen LogP contribution in [0.4, 0.5) is 0 Å². The van der Waals surface area contributed by atoms with Crippen molar-refractivity contribution in [3.63, 3.8) is 0 Å². The molecule has 0 amide bonds. The Morgan fingerprint density at radius 2 is 2.10 bits per heavy atom. The fourth-order valence-corrected chi connectivity index (χ4v) is 2.33. The van der Waals surface area contributed by atoms with Gasteiger partial charge in [0.25, 0.3) is 0 Å². The lowest BCUT2D eigenvalue weighted by molar-refractivity contribution is -0.132. The van der Waals surface area contributed by atoms with Crippen LogP contribution in [0.25, 0.3) is 0 Å². The fourth-order valence-electron chi connectivity index (χ4n) is 2.33. The first-order valence-corrected chi connectivity index (χ1v) is 4.25. The lowest BCUT2D eigenvalue weighted by atomic mass is 9.92. The maximum absolute atomic E-state index is 5.76. The van der Waals surface area contributed by atoms with E-state index in [2.05, 4.69) is 0 Å². The van der Waals surface area contributed by atoms with Crippen molar-refractivity contribution in [2.24, 2.45) is 0 Å². The van der Waals surface area contributed by atoms with Crippen LogP contribution in [0.2, 0.25) is 0 Å². The van der Waals surface area contributed by atoms with Gasteiger partial charge in [-0.05, 0) is 25.7 Å². The summed E-state index contributed by atoms with van der Waals surface area (Å²) in [4.78, 5) is 0. The monoisotopic (exact) mass is 140 g/mol. The predicted octanol–water partition coefficient (Wildman–Crippen LogP) is 1.44. The molecule has 0 radical (unpaired) electrons. The molecule has 0 N–H and O–H groups in total. The standard InChI is InChI=1S/C8H12O2/c1-2-6-3-4-7-8(5-1,9-6)10-7/h6-7H,1-5H2/t6-,7+,8-/m0/s1. The summed E-state index contributed by atoms with van der Waals surface area (Å²) in [5.41, 5.74) is 0. The van der Waals surface area contributed by atoms with Crippen molar-refractivity contribution in [2.45, 2.75) is 50.1 Å². The highest BCUT2D eigenvalue weighted by Crippen LogP contribution is 2.52. The second kappa shape index (κ2) is 1.56. The van der Waals surface area contributed by atoms with Crippen LogP contribution in [0, 0.1) is 0 Å². The van der Waals surface area contributed by atoms with Crippen LogP contribution in [0.15, 0.2) is 0 Å². The third kappa shape index (κ3) is 0.565. The van der Waals surface area contributed by atoms with E-state index in [1.54, 1.807) is 0 Å². The Morgan fingerprint density at radius 3 is 3.00 bits per heavy atom. The Kier molecular flexibility index (Phi) is 0.868. The Bertz CT molecular complexity index is 167. The molecule has 3 heterocycles. The summed E-state index contributed by atoms with van der Waals surface area (Å²) in [6, 6.07) is 0. The third-order valence-corrected chi connectivity index (χ3v) is 2.94. The van der Waals surface area contributed by atoms with Gasteiger partial charge >= 0.3 is 0 Å². The highest BCUT2D eigenvalue weighted by molar-refractivity contribution is 5.01. The van der Waals surface area contributed by atoms with Crippen molar-refractivity contribution in [1.29, 1.82) is 0 Å². The zero-order chi connectivity index (χ0) is 6.60. The van der Waals surface area contributed by atoms with Crippen LogP contribution in [0.3, 0.4) is 0 Å². The molecule has 0 aromatic heterocycles. The van der Waals surface area contributed by atoms with E-state index in [0.29, 0.717) is 12.2 Å². The lowest BCUT2D eigenvalue weighted by Crippen LogP contribution is -2.36. The third-order valence-electron chi connectivity index (χ3n) is 2.94. The molecule has 3 atom stereocenters. The summed E-state index contributed by atoms with van der Waals surface area (Å²) in [6.45, 7) is 0. The minimum atomic E-state index is -0.0544. The van der Waals surface area contributed by atoms with Gasteiger partial charge in [0.2, 0.25) is 0 Å². The van der Waals surface area contributed by atoms with Gasteiger partial charge in [0.1, 0.15) is 6.10 Å². The Labute approximate surface area is 60.5 Å². The van der Waals surface area contributed by atoms with Crippen molar-refractivity contribution in [3.8, 4) is 0 Å². The van der Waals surface area contributed by atoms with E-state index in [0.717, 1.165) is 6.42 Å². The van der Waals surface area contributed by atoms with Crippen molar-refractivity contribution in [2.75, 3.05) is 0 Å². The predicted molar refractivity (Wildman–Crippen MR) is 35.6 cm³/mol. The zero-order valence-corrected chi connectivity index (χ0v) is 6.01. The molecule has 3 aliphatic heterocycles. The van der Waals surface area contributed by atoms with E-state index in [1.165, 1.54) is 25.7 Å². The zero-order valence-electron chi connectivity index (χ0n) is 6.01. The topological polar surface area (TPSA) is 21.8 Å². The van der Waals surface area contributed by atoms with Crippen LogP contribution in [0.5, 0.6) is 0 Å². The van der Waals surface area contributed by atoms with Crippen LogP contribution < -0.4 is 0 Å². The van der Waals surface area contributed by atoms with Crippen molar-refractivity contribution < 1.29 is 9.47 Å². The molecule has 0 aromatic rings. The summed E-state index contributed by atoms with van der Waals surface area (Å²) >= 11 is 0. The molecule has 2 heteroatoms. The maximum Gasteiger partial charge on any atom is 0.195 e. The van der Waals surface area contributed by atoms with E-state index in [1.807, 2.05) is 0 Å². The van der Waals surface area contributed by atoms with Gasteiger partial charge < -0.3 is 9.47 Å². The number of hydrogen-bond acceptors (Lipinski definition) is 2. The molecule has 0 aliphatic carbocycles. The average Bonchev–Trinajstić information content (AvgIpc) is 2.60. The van der Waals surface area contributed by atoms with E-state index in [-0.39, 0.29) is 5.79 Å². The van der Waals surface area contributed by atoms with Gasteiger partial charge in [-0.15, -0.1) is 0 Å². The number of ether oxygens (including phenoxy) is 2. The van der Waals surface area contributed by atoms with Crippen molar-refractivity contribution in [1.82, 2.24) is 0 Å². The van der Waals surface area contributed by atoms with E-state index in [4.69, 9.17) is 9.47 Å². The molecule has 0 saturated carbocycles. The molecule has 0 unspecified atom stereocenters. The minimum absolute atomic E-state index is 0.0544. The first kappa shape index (κ1) is 5.56. The van der Waals surface area contributed by atoms with Gasteiger partial charge in [0.05, 0.1) is 6.10 Å². The van der Waals surface area contributed by atoms with E-state index < -0.39 is 0 Å². The molecule has 56 valence electrons. The normalized spacial score (nSPS) is 57.6. The lowest BCUT2D eigenvalue weighted by Gasteiger charge is -2.31. The largest absolute Gasteiger partial charge is 0.344 e. The first-order valence-electron chi connectivity index (χ1n) is 4.25.